The van der Waals surface area contributed by atoms with E-state index in [4.69, 9.17) is 19.8 Å². The summed E-state index contributed by atoms with van der Waals surface area (Å²) in [6, 6.07) is 0. The van der Waals surface area contributed by atoms with Gasteiger partial charge in [-0.2, -0.15) is 0 Å². The number of aliphatic carboxylic acids is 2. The quantitative estimate of drug-likeness (QED) is 0.383. The summed E-state index contributed by atoms with van der Waals surface area (Å²) in [6.07, 6.45) is 0. The minimum atomic E-state index is -1.08. The summed E-state index contributed by atoms with van der Waals surface area (Å²) >= 11 is 0. The number of carboxylic acid groups (broad SMARTS) is 2. The summed E-state index contributed by atoms with van der Waals surface area (Å²) < 4.78 is 0. The fraction of sp³-hybridized carbons (Fsp3) is 0.500. The topological polar surface area (TPSA) is 140 Å². The van der Waals surface area contributed by atoms with E-state index in [2.05, 4.69) is 0 Å². The number of rotatable bonds is 0. The first-order chi connectivity index (χ1) is 3.46. The molecule has 0 bridgehead atoms. The number of carbonyl (C=O) groups is 2. The molecule has 0 heterocycles. The molecule has 64 valence electrons. The van der Waals surface area contributed by atoms with Gasteiger partial charge in [0, 0.05) is 11.9 Å². The van der Waals surface area contributed by atoms with Gasteiger partial charge in [-0.15, -0.1) is 0 Å². The summed E-state index contributed by atoms with van der Waals surface area (Å²) in [5.41, 5.74) is 0. The SMILES string of the molecule is CC(=O)[O-].CC(=O)[O-].[Ca+2].[Mg+2].[OH-].[OH-]. The monoisotopic (exact) mass is 216 g/mol. The van der Waals surface area contributed by atoms with Crippen molar-refractivity contribution in [3.63, 3.8) is 0 Å². The predicted molar refractivity (Wildman–Crippen MR) is 36.7 cm³/mol. The Morgan fingerprint density at radius 3 is 0.917 bits per heavy atom. The Kier molecular flexibility index (Phi) is 95.0. The molecular formula is C4H8CaMgO6. The van der Waals surface area contributed by atoms with Gasteiger partial charge in [-0.05, 0) is 13.8 Å². The van der Waals surface area contributed by atoms with Crippen molar-refractivity contribution >= 4 is 72.7 Å². The zero-order valence-corrected chi connectivity index (χ0v) is 10.6. The molecule has 0 radical (unpaired) electrons. The Hall–Kier alpha value is 0.886. The Morgan fingerprint density at radius 1 is 0.917 bits per heavy atom. The molecule has 0 unspecified atom stereocenters. The first kappa shape index (κ1) is 38.4. The van der Waals surface area contributed by atoms with Gasteiger partial charge in [0.05, 0.1) is 0 Å². The van der Waals surface area contributed by atoms with E-state index < -0.39 is 11.9 Å². The third kappa shape index (κ3) is 1360. The third-order valence-electron chi connectivity index (χ3n) is 0. The van der Waals surface area contributed by atoms with Gasteiger partial charge in [-0.1, -0.05) is 0 Å². The van der Waals surface area contributed by atoms with Crippen LogP contribution in [0.4, 0.5) is 0 Å². The summed E-state index contributed by atoms with van der Waals surface area (Å²) in [5, 5.41) is 17.8. The fourth-order valence-electron chi connectivity index (χ4n) is 0. The maximum atomic E-state index is 8.89. The molecule has 0 aromatic carbocycles. The molecule has 0 saturated carbocycles. The second-order valence-electron chi connectivity index (χ2n) is 0.983. The van der Waals surface area contributed by atoms with Gasteiger partial charge >= 0.3 is 60.8 Å². The Bertz CT molecular complexity index is 77.5. The molecule has 0 aromatic heterocycles. The van der Waals surface area contributed by atoms with Crippen molar-refractivity contribution in [2.75, 3.05) is 0 Å². The van der Waals surface area contributed by atoms with E-state index in [1.807, 2.05) is 0 Å². The minimum absolute atomic E-state index is 0. The maximum Gasteiger partial charge on any atom is 2.00 e. The van der Waals surface area contributed by atoms with E-state index >= 15 is 0 Å². The number of hydrogen-bond donors (Lipinski definition) is 0. The molecule has 0 aliphatic rings. The van der Waals surface area contributed by atoms with Crippen molar-refractivity contribution in [3.05, 3.63) is 0 Å². The molecule has 0 aliphatic heterocycles. The summed E-state index contributed by atoms with van der Waals surface area (Å²) in [4.78, 5) is 17.8. The number of carboxylic acids is 2. The van der Waals surface area contributed by atoms with Crippen LogP contribution >= 0.6 is 0 Å². The van der Waals surface area contributed by atoms with Gasteiger partial charge in [-0.3, -0.25) is 0 Å². The standard InChI is InChI=1S/2C2H4O2.Ca.Mg.2H2O/c2*1-2(3)4;;;;/h2*1H3,(H,3,4);;;2*1H2/q;;2*+2;;/p-4. The van der Waals surface area contributed by atoms with Crippen LogP contribution in [0.2, 0.25) is 0 Å². The summed E-state index contributed by atoms with van der Waals surface area (Å²) in [6.45, 7) is 1.94. The Morgan fingerprint density at radius 2 is 0.917 bits per heavy atom. The van der Waals surface area contributed by atoms with Crippen LogP contribution in [0.15, 0.2) is 0 Å². The average molecular weight is 216 g/mol. The van der Waals surface area contributed by atoms with Crippen LogP contribution in [0.3, 0.4) is 0 Å². The van der Waals surface area contributed by atoms with E-state index in [1.165, 1.54) is 0 Å². The summed E-state index contributed by atoms with van der Waals surface area (Å²) in [7, 11) is 0. The number of hydrogen-bond acceptors (Lipinski definition) is 6. The molecule has 0 rings (SSSR count). The Labute approximate surface area is 116 Å². The largest absolute Gasteiger partial charge is 2.00 e. The molecule has 0 atom stereocenters. The van der Waals surface area contributed by atoms with Crippen molar-refractivity contribution < 1.29 is 30.8 Å². The predicted octanol–water partition coefficient (Wildman–Crippen LogP) is -3.60. The maximum absolute atomic E-state index is 8.89. The molecule has 6 nitrogen and oxygen atoms in total. The van der Waals surface area contributed by atoms with Crippen LogP contribution in [-0.2, 0) is 9.59 Å². The second-order valence-corrected chi connectivity index (χ2v) is 0.983. The minimum Gasteiger partial charge on any atom is -0.870 e. The molecule has 8 heteroatoms. The van der Waals surface area contributed by atoms with Gasteiger partial charge in [0.1, 0.15) is 0 Å². The average Bonchev–Trinajstić information content (AvgIpc) is 1.25. The molecule has 0 aromatic rings. The molecule has 0 saturated heterocycles. The summed E-state index contributed by atoms with van der Waals surface area (Å²) in [5.74, 6) is -2.17. The molecule has 2 N–H and O–H groups in total. The fourth-order valence-corrected chi connectivity index (χ4v) is 0. The van der Waals surface area contributed by atoms with Crippen LogP contribution in [0.25, 0.3) is 0 Å². The van der Waals surface area contributed by atoms with Gasteiger partial charge < -0.3 is 30.8 Å². The van der Waals surface area contributed by atoms with Crippen LogP contribution in [0.1, 0.15) is 13.8 Å². The normalized spacial score (nSPS) is 4.17. The van der Waals surface area contributed by atoms with E-state index in [9.17, 15) is 0 Å². The van der Waals surface area contributed by atoms with Gasteiger partial charge in [0.15, 0.2) is 0 Å². The first-order valence-corrected chi connectivity index (χ1v) is 1.82. The van der Waals surface area contributed by atoms with Gasteiger partial charge in [0.25, 0.3) is 0 Å². The van der Waals surface area contributed by atoms with Crippen LogP contribution in [-0.4, -0.2) is 83.7 Å². The van der Waals surface area contributed by atoms with Crippen molar-refractivity contribution in [2.24, 2.45) is 0 Å². The molecule has 0 amide bonds. The van der Waals surface area contributed by atoms with E-state index in [0.29, 0.717) is 0 Å². The molecule has 12 heavy (non-hydrogen) atoms. The van der Waals surface area contributed by atoms with Crippen LogP contribution < -0.4 is 10.2 Å². The smallest absolute Gasteiger partial charge is 0.870 e. The van der Waals surface area contributed by atoms with Crippen molar-refractivity contribution in [1.82, 2.24) is 0 Å². The Balaban J connectivity index is -0.0000000112. The van der Waals surface area contributed by atoms with Crippen LogP contribution in [0.5, 0.6) is 0 Å². The van der Waals surface area contributed by atoms with E-state index in [1.54, 1.807) is 0 Å². The molecule has 0 fully saturated rings. The number of carbonyl (C=O) groups excluding carboxylic acids is 2. The van der Waals surface area contributed by atoms with Crippen molar-refractivity contribution in [3.8, 4) is 0 Å². The zero-order chi connectivity index (χ0) is 7.15. The molecule has 0 spiro atoms. The van der Waals surface area contributed by atoms with E-state index in [-0.39, 0.29) is 71.7 Å². The van der Waals surface area contributed by atoms with E-state index in [0.717, 1.165) is 13.8 Å². The van der Waals surface area contributed by atoms with Gasteiger partial charge in [0.2, 0.25) is 0 Å². The van der Waals surface area contributed by atoms with Crippen LogP contribution in [0, 0.1) is 0 Å². The molecule has 0 aliphatic carbocycles. The molecular weight excluding hydrogens is 208 g/mol. The third-order valence-corrected chi connectivity index (χ3v) is 0. The second kappa shape index (κ2) is 29.7. The van der Waals surface area contributed by atoms with Crippen molar-refractivity contribution in [1.29, 1.82) is 0 Å². The zero-order valence-electron chi connectivity index (χ0n) is 6.94. The van der Waals surface area contributed by atoms with Gasteiger partial charge in [-0.25, -0.2) is 0 Å². The first-order valence-electron chi connectivity index (χ1n) is 1.82. The van der Waals surface area contributed by atoms with Crippen molar-refractivity contribution in [2.45, 2.75) is 13.8 Å².